The molecule has 2 aromatic rings. The first kappa shape index (κ1) is 10.9. The normalized spacial score (nSPS) is 10.4. The number of carbonyl (C=O) groups excluding carboxylic acids is 1. The number of rotatable bonds is 1. The van der Waals surface area contributed by atoms with E-state index in [-0.39, 0.29) is 5.43 Å². The molecule has 82 valence electrons. The van der Waals surface area contributed by atoms with Crippen LogP contribution in [0.2, 0.25) is 0 Å². The van der Waals surface area contributed by atoms with Gasteiger partial charge in [-0.15, -0.1) is 0 Å². The first-order chi connectivity index (χ1) is 7.58. The molecule has 0 amide bonds. The first-order valence-electron chi connectivity index (χ1n) is 4.47. The number of halogens is 1. The summed E-state index contributed by atoms with van der Waals surface area (Å²) in [7, 11) is 0. The second-order valence-electron chi connectivity index (χ2n) is 3.16. The van der Waals surface area contributed by atoms with Gasteiger partial charge < -0.3 is 9.15 Å². The number of benzene rings is 1. The summed E-state index contributed by atoms with van der Waals surface area (Å²) in [5, 5.41) is 0.435. The molecule has 0 saturated carbocycles. The summed E-state index contributed by atoms with van der Waals surface area (Å²) in [6, 6.07) is 4.40. The summed E-state index contributed by atoms with van der Waals surface area (Å²) in [6.45, 7) is 1.30. The fraction of sp³-hybridized carbons (Fsp3) is 0.0909. The molecule has 0 fully saturated rings. The lowest BCUT2D eigenvalue weighted by molar-refractivity contribution is -0.131. The summed E-state index contributed by atoms with van der Waals surface area (Å²) in [5.74, 6) is -0.104. The molecule has 1 aromatic heterocycles. The van der Waals surface area contributed by atoms with Gasteiger partial charge in [-0.1, -0.05) is 0 Å². The van der Waals surface area contributed by atoms with E-state index >= 15 is 0 Å². The molecule has 1 aromatic carbocycles. The van der Waals surface area contributed by atoms with Gasteiger partial charge in [-0.3, -0.25) is 9.59 Å². The van der Waals surface area contributed by atoms with Gasteiger partial charge in [0.2, 0.25) is 0 Å². The third-order valence-electron chi connectivity index (χ3n) is 1.97. The monoisotopic (exact) mass is 282 g/mol. The summed E-state index contributed by atoms with van der Waals surface area (Å²) in [6.07, 6.45) is 1.30. The van der Waals surface area contributed by atoms with Gasteiger partial charge in [-0.25, -0.2) is 0 Å². The molecular weight excluding hydrogens is 276 g/mol. The van der Waals surface area contributed by atoms with Crippen molar-refractivity contribution in [3.8, 4) is 5.75 Å². The van der Waals surface area contributed by atoms with Gasteiger partial charge in [0.1, 0.15) is 11.3 Å². The van der Waals surface area contributed by atoms with Gasteiger partial charge >= 0.3 is 5.97 Å². The SMILES string of the molecule is CC(=O)Oc1cc2occc(=O)c2cc1Br. The Kier molecular flexibility index (Phi) is 2.78. The van der Waals surface area contributed by atoms with Gasteiger partial charge in [-0.05, 0) is 22.0 Å². The molecule has 0 unspecified atom stereocenters. The van der Waals surface area contributed by atoms with Gasteiger partial charge in [0.05, 0.1) is 16.1 Å². The minimum Gasteiger partial charge on any atom is -0.464 e. The van der Waals surface area contributed by atoms with E-state index in [0.29, 0.717) is 21.2 Å². The van der Waals surface area contributed by atoms with Crippen molar-refractivity contribution in [2.45, 2.75) is 6.92 Å². The number of hydrogen-bond acceptors (Lipinski definition) is 4. The fourth-order valence-corrected chi connectivity index (χ4v) is 1.74. The van der Waals surface area contributed by atoms with Crippen LogP contribution in [0.4, 0.5) is 0 Å². The lowest BCUT2D eigenvalue weighted by Gasteiger charge is -2.04. The Hall–Kier alpha value is -1.62. The average Bonchev–Trinajstić information content (AvgIpc) is 2.20. The number of hydrogen-bond donors (Lipinski definition) is 0. The van der Waals surface area contributed by atoms with E-state index in [9.17, 15) is 9.59 Å². The molecule has 0 radical (unpaired) electrons. The van der Waals surface area contributed by atoms with Crippen LogP contribution in [0.5, 0.6) is 5.75 Å². The van der Waals surface area contributed by atoms with E-state index in [1.54, 1.807) is 6.07 Å². The van der Waals surface area contributed by atoms with Crippen LogP contribution < -0.4 is 10.2 Å². The predicted molar refractivity (Wildman–Crippen MR) is 61.5 cm³/mol. The van der Waals surface area contributed by atoms with Gasteiger partial charge in [0, 0.05) is 19.1 Å². The van der Waals surface area contributed by atoms with Crippen LogP contribution in [0.1, 0.15) is 6.92 Å². The zero-order valence-corrected chi connectivity index (χ0v) is 9.91. The molecule has 0 aliphatic carbocycles. The smallest absolute Gasteiger partial charge is 0.308 e. The van der Waals surface area contributed by atoms with Crippen molar-refractivity contribution >= 4 is 32.9 Å². The van der Waals surface area contributed by atoms with E-state index < -0.39 is 5.97 Å². The molecule has 0 aliphatic heterocycles. The molecule has 0 saturated heterocycles. The topological polar surface area (TPSA) is 56.5 Å². The highest BCUT2D eigenvalue weighted by Crippen LogP contribution is 2.29. The maximum absolute atomic E-state index is 11.5. The third kappa shape index (κ3) is 1.99. The molecule has 0 bridgehead atoms. The Morgan fingerprint density at radius 3 is 2.88 bits per heavy atom. The molecule has 1 heterocycles. The minimum atomic E-state index is -0.432. The van der Waals surface area contributed by atoms with Crippen LogP contribution in [0.25, 0.3) is 11.0 Å². The maximum atomic E-state index is 11.5. The zero-order valence-electron chi connectivity index (χ0n) is 8.32. The van der Waals surface area contributed by atoms with Crippen molar-refractivity contribution in [1.82, 2.24) is 0 Å². The quantitative estimate of drug-likeness (QED) is 0.596. The highest BCUT2D eigenvalue weighted by molar-refractivity contribution is 9.10. The molecule has 0 aliphatic rings. The van der Waals surface area contributed by atoms with Crippen molar-refractivity contribution in [3.05, 3.63) is 39.2 Å². The van der Waals surface area contributed by atoms with Crippen molar-refractivity contribution < 1.29 is 13.9 Å². The minimum absolute atomic E-state index is 0.142. The van der Waals surface area contributed by atoms with Gasteiger partial charge in [0.15, 0.2) is 5.43 Å². The molecule has 0 N–H and O–H groups in total. The van der Waals surface area contributed by atoms with Crippen molar-refractivity contribution in [2.75, 3.05) is 0 Å². The molecule has 2 rings (SSSR count). The van der Waals surface area contributed by atoms with Crippen LogP contribution in [0.3, 0.4) is 0 Å². The van der Waals surface area contributed by atoms with Crippen LogP contribution in [0, 0.1) is 0 Å². The second-order valence-corrected chi connectivity index (χ2v) is 4.01. The summed E-state index contributed by atoms with van der Waals surface area (Å²) in [5.41, 5.74) is 0.239. The van der Waals surface area contributed by atoms with E-state index in [1.807, 2.05) is 0 Å². The second kappa shape index (κ2) is 4.09. The molecular formula is C11H7BrO4. The number of ether oxygens (including phenoxy) is 1. The standard InChI is InChI=1S/C11H7BrO4/c1-6(13)16-11-5-10-7(4-8(11)12)9(14)2-3-15-10/h2-5H,1H3. The molecule has 4 nitrogen and oxygen atoms in total. The van der Waals surface area contributed by atoms with E-state index in [1.165, 1.54) is 25.3 Å². The number of fused-ring (bicyclic) bond motifs is 1. The fourth-order valence-electron chi connectivity index (χ4n) is 1.32. The molecule has 16 heavy (non-hydrogen) atoms. The Bertz CT molecular complexity index is 615. The molecule has 0 atom stereocenters. The first-order valence-corrected chi connectivity index (χ1v) is 5.27. The van der Waals surface area contributed by atoms with Crippen molar-refractivity contribution in [1.29, 1.82) is 0 Å². The number of esters is 1. The maximum Gasteiger partial charge on any atom is 0.308 e. The lowest BCUT2D eigenvalue weighted by atomic mass is 10.2. The van der Waals surface area contributed by atoms with E-state index in [4.69, 9.17) is 9.15 Å². The third-order valence-corrected chi connectivity index (χ3v) is 2.59. The van der Waals surface area contributed by atoms with Crippen molar-refractivity contribution in [2.24, 2.45) is 0 Å². The van der Waals surface area contributed by atoms with Crippen LogP contribution in [-0.4, -0.2) is 5.97 Å². The van der Waals surface area contributed by atoms with E-state index in [0.717, 1.165) is 0 Å². The highest BCUT2D eigenvalue weighted by Gasteiger charge is 2.09. The Balaban J connectivity index is 2.67. The Morgan fingerprint density at radius 2 is 2.19 bits per heavy atom. The average molecular weight is 283 g/mol. The molecule has 0 spiro atoms. The zero-order chi connectivity index (χ0) is 11.7. The Labute approximate surface area is 99.0 Å². The predicted octanol–water partition coefficient (Wildman–Crippen LogP) is 2.48. The van der Waals surface area contributed by atoms with E-state index in [2.05, 4.69) is 15.9 Å². The lowest BCUT2D eigenvalue weighted by Crippen LogP contribution is -2.03. The number of carbonyl (C=O) groups is 1. The van der Waals surface area contributed by atoms with Gasteiger partial charge in [0.25, 0.3) is 0 Å². The summed E-state index contributed by atoms with van der Waals surface area (Å²) in [4.78, 5) is 22.3. The highest BCUT2D eigenvalue weighted by atomic mass is 79.9. The molecule has 5 heteroatoms. The van der Waals surface area contributed by atoms with Crippen molar-refractivity contribution in [3.63, 3.8) is 0 Å². The van der Waals surface area contributed by atoms with Crippen LogP contribution in [-0.2, 0) is 4.79 Å². The summed E-state index contributed by atoms with van der Waals surface area (Å²) >= 11 is 3.22. The Morgan fingerprint density at radius 1 is 1.44 bits per heavy atom. The van der Waals surface area contributed by atoms with Crippen LogP contribution >= 0.6 is 15.9 Å². The largest absolute Gasteiger partial charge is 0.464 e. The summed E-state index contributed by atoms with van der Waals surface area (Å²) < 4.78 is 10.6. The van der Waals surface area contributed by atoms with Gasteiger partial charge in [-0.2, -0.15) is 0 Å². The van der Waals surface area contributed by atoms with Crippen LogP contribution in [0.15, 0.2) is 38.1 Å².